The van der Waals surface area contributed by atoms with Crippen molar-refractivity contribution in [1.82, 2.24) is 15.3 Å². The summed E-state index contributed by atoms with van der Waals surface area (Å²) < 4.78 is 6.26. The summed E-state index contributed by atoms with van der Waals surface area (Å²) in [6.45, 7) is 10.8. The number of carboxylic acid groups (broad SMARTS) is 1. The van der Waals surface area contributed by atoms with Crippen molar-refractivity contribution in [3.8, 4) is 11.3 Å². The molecule has 2 heterocycles. The van der Waals surface area contributed by atoms with Gasteiger partial charge in [0.15, 0.2) is 16.6 Å². The number of esters is 1. The van der Waals surface area contributed by atoms with E-state index in [1.54, 1.807) is 26.2 Å². The van der Waals surface area contributed by atoms with Crippen LogP contribution in [0, 0.1) is 0 Å². The molecule has 0 fully saturated rings. The molecule has 1 unspecified atom stereocenters. The van der Waals surface area contributed by atoms with Gasteiger partial charge in [-0.25, -0.2) is 19.8 Å². The van der Waals surface area contributed by atoms with Gasteiger partial charge < -0.3 is 20.9 Å². The largest absolute Gasteiger partial charge is 0.480 e. The number of allylic oxidation sites excluding steroid dienone is 1. The molecule has 0 bridgehead atoms. The molecule has 0 aliphatic heterocycles. The number of fused-ring (bicyclic) bond motifs is 1. The van der Waals surface area contributed by atoms with E-state index in [-0.39, 0.29) is 11.9 Å². The predicted octanol–water partition coefficient (Wildman–Crippen LogP) is 4.08. The number of anilines is 1. The summed E-state index contributed by atoms with van der Waals surface area (Å²) in [6.07, 6.45) is 2.76. The highest BCUT2D eigenvalue weighted by Crippen LogP contribution is 2.37. The molecule has 210 valence electrons. The molecule has 0 saturated heterocycles. The second-order valence-corrected chi connectivity index (χ2v) is 10.1. The maximum absolute atomic E-state index is 12.2. The summed E-state index contributed by atoms with van der Waals surface area (Å²) in [4.78, 5) is 52.6. The number of carbonyl (C=O) groups excluding carboxylic acids is 2. The topological polar surface area (TPSA) is 181 Å². The first-order valence-electron chi connectivity index (χ1n) is 12.3. The lowest BCUT2D eigenvalue weighted by Gasteiger charge is -2.24. The molecule has 13 heteroatoms. The van der Waals surface area contributed by atoms with Gasteiger partial charge in [0.25, 0.3) is 0 Å². The zero-order valence-electron chi connectivity index (χ0n) is 22.6. The Balaban J connectivity index is 1.98. The minimum Gasteiger partial charge on any atom is -0.480 e. The Morgan fingerprint density at radius 1 is 1.30 bits per heavy atom. The zero-order valence-corrected chi connectivity index (χ0v) is 23.4. The highest BCUT2D eigenvalue weighted by molar-refractivity contribution is 7.22. The van der Waals surface area contributed by atoms with Crippen molar-refractivity contribution in [2.24, 2.45) is 15.7 Å². The number of carbonyl (C=O) groups is 3. The maximum atomic E-state index is 12.2. The molecule has 12 nitrogen and oxygen atoms in total. The number of aliphatic imine (C=N–C) groups is 2. The number of urea groups is 1. The number of aliphatic carboxylic acids is 1. The van der Waals surface area contributed by atoms with Crippen molar-refractivity contribution in [2.45, 2.75) is 45.8 Å². The third-order valence-electron chi connectivity index (χ3n) is 5.59. The third kappa shape index (κ3) is 7.55. The Morgan fingerprint density at radius 3 is 2.67 bits per heavy atom. The molecule has 0 spiro atoms. The van der Waals surface area contributed by atoms with Crippen LogP contribution in [0.2, 0.25) is 0 Å². The lowest BCUT2D eigenvalue weighted by atomic mass is 10.0. The molecule has 5 N–H and O–H groups in total. The van der Waals surface area contributed by atoms with Gasteiger partial charge in [0.1, 0.15) is 6.04 Å². The standard InChI is InChI=1S/C27H31N7O5S/c1-6-30-25(38)34-26-33-20-12-16(11-17(22(20)40-26)19-9-7-8-10-31-19)15(2)14-32-24(29-5)27(3,4)39-21(35)13-18(28)23(36)37/h7-12,14,18H,5-6,13,28H2,1-4H3,(H,36,37)(H2,30,33,34,38)/b15-14+,32-24?. The summed E-state index contributed by atoms with van der Waals surface area (Å²) >= 11 is 1.34. The number of nitrogens with two attached hydrogens (primary N) is 1. The van der Waals surface area contributed by atoms with E-state index < -0.39 is 30.0 Å². The van der Waals surface area contributed by atoms with E-state index in [1.165, 1.54) is 11.3 Å². The summed E-state index contributed by atoms with van der Waals surface area (Å²) in [6, 6.07) is 7.71. The number of carboxylic acids is 1. The number of ether oxygens (including phenoxy) is 1. The number of nitrogens with one attached hydrogen (secondary N) is 2. The number of amides is 2. The number of benzene rings is 1. The fourth-order valence-corrected chi connectivity index (χ4v) is 4.55. The van der Waals surface area contributed by atoms with Crippen molar-refractivity contribution in [3.05, 3.63) is 48.3 Å². The first-order chi connectivity index (χ1) is 18.9. The van der Waals surface area contributed by atoms with Crippen molar-refractivity contribution < 1.29 is 24.2 Å². The lowest BCUT2D eigenvalue weighted by molar-refractivity contribution is -0.154. The molecule has 1 atom stereocenters. The minimum atomic E-state index is -1.38. The van der Waals surface area contributed by atoms with Gasteiger partial charge in [0, 0.05) is 24.5 Å². The fourth-order valence-electron chi connectivity index (χ4n) is 3.59. The van der Waals surface area contributed by atoms with Crippen LogP contribution < -0.4 is 16.4 Å². The SMILES string of the molecule is C=NC(=N/C=C(\C)c1cc(-c2ccccn2)c2sc(NC(=O)NCC)nc2c1)C(C)(C)OC(=O)CC(N)C(=O)O. The van der Waals surface area contributed by atoms with E-state index in [2.05, 4.69) is 37.3 Å². The monoisotopic (exact) mass is 565 g/mol. The van der Waals surface area contributed by atoms with Crippen LogP contribution in [0.4, 0.5) is 9.93 Å². The van der Waals surface area contributed by atoms with Crippen LogP contribution in [-0.4, -0.2) is 63.8 Å². The smallest absolute Gasteiger partial charge is 0.321 e. The first-order valence-corrected chi connectivity index (χ1v) is 13.1. The molecule has 2 amide bonds. The molecule has 0 saturated carbocycles. The van der Waals surface area contributed by atoms with Crippen LogP contribution in [0.1, 0.15) is 39.7 Å². The molecule has 40 heavy (non-hydrogen) atoms. The second kappa shape index (κ2) is 13.0. The molecule has 0 radical (unpaired) electrons. The molecule has 3 aromatic rings. The number of amidine groups is 1. The maximum Gasteiger partial charge on any atom is 0.321 e. The predicted molar refractivity (Wildman–Crippen MR) is 157 cm³/mol. The molecule has 1 aromatic carbocycles. The van der Waals surface area contributed by atoms with Crippen molar-refractivity contribution in [3.63, 3.8) is 0 Å². The van der Waals surface area contributed by atoms with Gasteiger partial charge in [-0.1, -0.05) is 17.4 Å². The van der Waals surface area contributed by atoms with Gasteiger partial charge in [-0.3, -0.25) is 19.9 Å². The van der Waals surface area contributed by atoms with Crippen LogP contribution in [0.25, 0.3) is 27.0 Å². The molecular formula is C27H31N7O5S. The third-order valence-corrected chi connectivity index (χ3v) is 6.61. The second-order valence-electron chi connectivity index (χ2n) is 9.15. The van der Waals surface area contributed by atoms with Gasteiger partial charge in [0.2, 0.25) is 0 Å². The molecule has 3 rings (SSSR count). The summed E-state index contributed by atoms with van der Waals surface area (Å²) in [5.41, 5.74) is 7.89. The van der Waals surface area contributed by atoms with Gasteiger partial charge in [0.05, 0.1) is 22.3 Å². The summed E-state index contributed by atoms with van der Waals surface area (Å²) in [7, 11) is 0. The van der Waals surface area contributed by atoms with Crippen LogP contribution in [0.3, 0.4) is 0 Å². The first kappa shape index (κ1) is 30.1. The number of hydrogen-bond donors (Lipinski definition) is 4. The van der Waals surface area contributed by atoms with Gasteiger partial charge in [-0.05, 0) is 69.8 Å². The van der Waals surface area contributed by atoms with E-state index in [0.29, 0.717) is 17.2 Å². The zero-order chi connectivity index (χ0) is 29.4. The highest BCUT2D eigenvalue weighted by atomic mass is 32.1. The summed E-state index contributed by atoms with van der Waals surface area (Å²) in [5, 5.41) is 14.8. The van der Waals surface area contributed by atoms with Crippen molar-refractivity contribution in [2.75, 3.05) is 11.9 Å². The molecular weight excluding hydrogens is 534 g/mol. The van der Waals surface area contributed by atoms with Crippen LogP contribution in [0.15, 0.2) is 52.7 Å². The van der Waals surface area contributed by atoms with E-state index in [0.717, 1.165) is 27.1 Å². The molecule has 0 aliphatic carbocycles. The van der Waals surface area contributed by atoms with E-state index in [1.807, 2.05) is 44.2 Å². The number of rotatable bonds is 10. The summed E-state index contributed by atoms with van der Waals surface area (Å²) in [5.74, 6) is -2.00. The van der Waals surface area contributed by atoms with Crippen molar-refractivity contribution in [1.29, 1.82) is 0 Å². The highest BCUT2D eigenvalue weighted by Gasteiger charge is 2.30. The van der Waals surface area contributed by atoms with Gasteiger partial charge in [-0.2, -0.15) is 0 Å². The number of aromatic nitrogens is 2. The van der Waals surface area contributed by atoms with E-state index in [9.17, 15) is 14.4 Å². The van der Waals surface area contributed by atoms with Gasteiger partial charge in [-0.15, -0.1) is 0 Å². The average Bonchev–Trinajstić information content (AvgIpc) is 3.30. The Bertz CT molecular complexity index is 1480. The minimum absolute atomic E-state index is 0.109. The van der Waals surface area contributed by atoms with Crippen LogP contribution in [0.5, 0.6) is 0 Å². The molecule has 0 aliphatic rings. The van der Waals surface area contributed by atoms with Crippen molar-refractivity contribution >= 4 is 62.8 Å². The number of thiazole rings is 1. The number of nitrogens with zero attached hydrogens (tertiary/aromatic N) is 4. The van der Waals surface area contributed by atoms with Crippen LogP contribution in [-0.2, 0) is 14.3 Å². The Morgan fingerprint density at radius 2 is 2.05 bits per heavy atom. The van der Waals surface area contributed by atoms with E-state index >= 15 is 0 Å². The normalized spacial score (nSPS) is 13.0. The molecule has 2 aromatic heterocycles. The quantitative estimate of drug-likeness (QED) is 0.161. The Hall–Kier alpha value is -4.49. The Kier molecular flexibility index (Phi) is 9.80. The fraction of sp³-hybridized carbons (Fsp3) is 0.296. The number of hydrogen-bond acceptors (Lipinski definition) is 9. The number of pyridine rings is 1. The lowest BCUT2D eigenvalue weighted by Crippen LogP contribution is -2.39. The average molecular weight is 566 g/mol. The Labute approximate surface area is 235 Å². The van der Waals surface area contributed by atoms with E-state index in [4.69, 9.17) is 15.6 Å². The van der Waals surface area contributed by atoms with Crippen LogP contribution >= 0.6 is 11.3 Å². The van der Waals surface area contributed by atoms with Gasteiger partial charge >= 0.3 is 18.0 Å².